The van der Waals surface area contributed by atoms with Crippen LogP contribution in [0.4, 0.5) is 23.4 Å². The van der Waals surface area contributed by atoms with Crippen molar-refractivity contribution in [2.24, 2.45) is 4.99 Å². The molecule has 0 atom stereocenters. The van der Waals surface area contributed by atoms with E-state index in [-0.39, 0.29) is 60.9 Å². The van der Waals surface area contributed by atoms with Crippen LogP contribution in [0.25, 0.3) is 0 Å². The van der Waals surface area contributed by atoms with Crippen LogP contribution in [0.5, 0.6) is 0 Å². The Morgan fingerprint density at radius 2 is 1.90 bits per heavy atom. The SMILES string of the molecule is CN=C(NCCC(=O)Nc1cccc(C)n1)NCc1ccc(F)cc1C(F)(F)F.I. The second-order valence-corrected chi connectivity index (χ2v) is 6.11. The summed E-state index contributed by atoms with van der Waals surface area (Å²) in [4.78, 5) is 20.0. The first-order valence-corrected chi connectivity index (χ1v) is 8.72. The summed E-state index contributed by atoms with van der Waals surface area (Å²) in [5.41, 5.74) is -0.403. The molecule has 0 aliphatic rings. The van der Waals surface area contributed by atoms with Crippen LogP contribution in [0.3, 0.4) is 0 Å². The predicted molar refractivity (Wildman–Crippen MR) is 117 cm³/mol. The van der Waals surface area contributed by atoms with Crippen molar-refractivity contribution in [2.75, 3.05) is 18.9 Å². The zero-order valence-electron chi connectivity index (χ0n) is 16.3. The number of alkyl halides is 3. The van der Waals surface area contributed by atoms with E-state index in [4.69, 9.17) is 0 Å². The number of nitrogens with one attached hydrogen (secondary N) is 3. The van der Waals surface area contributed by atoms with E-state index in [9.17, 15) is 22.4 Å². The summed E-state index contributed by atoms with van der Waals surface area (Å²) in [6.45, 7) is 1.79. The van der Waals surface area contributed by atoms with Crippen LogP contribution in [0.1, 0.15) is 23.2 Å². The highest BCUT2D eigenvalue weighted by molar-refractivity contribution is 14.0. The Morgan fingerprint density at radius 1 is 1.17 bits per heavy atom. The van der Waals surface area contributed by atoms with Gasteiger partial charge in [-0.15, -0.1) is 24.0 Å². The van der Waals surface area contributed by atoms with Gasteiger partial charge in [0.2, 0.25) is 5.91 Å². The molecule has 30 heavy (non-hydrogen) atoms. The predicted octanol–water partition coefficient (Wildman–Crippen LogP) is 3.86. The molecule has 0 saturated heterocycles. The first-order chi connectivity index (χ1) is 13.7. The number of aryl methyl sites for hydroxylation is 1. The molecule has 164 valence electrons. The molecule has 11 heteroatoms. The highest BCUT2D eigenvalue weighted by Crippen LogP contribution is 2.32. The van der Waals surface area contributed by atoms with E-state index in [1.54, 1.807) is 25.1 Å². The number of carbonyl (C=O) groups excluding carboxylic acids is 1. The van der Waals surface area contributed by atoms with Gasteiger partial charge in [0, 0.05) is 32.3 Å². The zero-order valence-corrected chi connectivity index (χ0v) is 18.6. The van der Waals surface area contributed by atoms with E-state index >= 15 is 0 Å². The zero-order chi connectivity index (χ0) is 21.4. The van der Waals surface area contributed by atoms with Crippen molar-refractivity contribution in [3.8, 4) is 0 Å². The van der Waals surface area contributed by atoms with Gasteiger partial charge in [-0.2, -0.15) is 13.2 Å². The third kappa shape index (κ3) is 8.13. The molecule has 6 nitrogen and oxygen atoms in total. The van der Waals surface area contributed by atoms with Crippen molar-refractivity contribution < 1.29 is 22.4 Å². The lowest BCUT2D eigenvalue weighted by atomic mass is 10.1. The summed E-state index contributed by atoms with van der Waals surface area (Å²) in [6, 6.07) is 7.73. The molecule has 2 rings (SSSR count). The fraction of sp³-hybridized carbons (Fsp3) is 0.316. The Morgan fingerprint density at radius 3 is 2.53 bits per heavy atom. The number of benzene rings is 1. The fourth-order valence-electron chi connectivity index (χ4n) is 2.48. The number of halogens is 5. The molecular weight excluding hydrogens is 517 g/mol. The minimum Gasteiger partial charge on any atom is -0.356 e. The summed E-state index contributed by atoms with van der Waals surface area (Å²) in [7, 11) is 1.45. The third-order valence-electron chi connectivity index (χ3n) is 3.85. The van der Waals surface area contributed by atoms with E-state index in [1.807, 2.05) is 0 Å². The summed E-state index contributed by atoms with van der Waals surface area (Å²) in [5, 5.41) is 8.21. The lowest BCUT2D eigenvalue weighted by molar-refractivity contribution is -0.138. The van der Waals surface area contributed by atoms with E-state index < -0.39 is 17.6 Å². The first-order valence-electron chi connectivity index (χ1n) is 8.72. The minimum absolute atomic E-state index is 0. The number of rotatable bonds is 6. The molecule has 0 fully saturated rings. The van der Waals surface area contributed by atoms with Gasteiger partial charge in [-0.1, -0.05) is 12.1 Å². The number of anilines is 1. The van der Waals surface area contributed by atoms with Gasteiger partial charge in [-0.05, 0) is 36.8 Å². The van der Waals surface area contributed by atoms with E-state index in [1.165, 1.54) is 7.05 Å². The lowest BCUT2D eigenvalue weighted by Crippen LogP contribution is -2.38. The van der Waals surface area contributed by atoms with E-state index in [2.05, 4.69) is 25.9 Å². The summed E-state index contributed by atoms with van der Waals surface area (Å²) < 4.78 is 52.3. The number of aliphatic imine (C=N–C) groups is 1. The molecular formula is C19H22F4IN5O. The second-order valence-electron chi connectivity index (χ2n) is 6.11. The molecule has 0 spiro atoms. The molecule has 0 saturated carbocycles. The average Bonchev–Trinajstić information content (AvgIpc) is 2.64. The monoisotopic (exact) mass is 539 g/mol. The molecule has 2 aromatic rings. The number of aromatic nitrogens is 1. The smallest absolute Gasteiger partial charge is 0.356 e. The van der Waals surface area contributed by atoms with Crippen LogP contribution in [0.2, 0.25) is 0 Å². The fourth-order valence-corrected chi connectivity index (χ4v) is 2.48. The van der Waals surface area contributed by atoms with Crippen molar-refractivity contribution >= 4 is 41.7 Å². The highest BCUT2D eigenvalue weighted by atomic mass is 127. The summed E-state index contributed by atoms with van der Waals surface area (Å²) in [5.74, 6) is -0.584. The van der Waals surface area contributed by atoms with Crippen LogP contribution in [0.15, 0.2) is 41.4 Å². The molecule has 3 N–H and O–H groups in total. The molecule has 0 aliphatic carbocycles. The first kappa shape index (κ1) is 25.6. The van der Waals surface area contributed by atoms with Crippen LogP contribution in [-0.4, -0.2) is 30.4 Å². The Kier molecular flexibility index (Phi) is 9.96. The highest BCUT2D eigenvalue weighted by Gasteiger charge is 2.33. The lowest BCUT2D eigenvalue weighted by Gasteiger charge is -2.16. The van der Waals surface area contributed by atoms with E-state index in [0.29, 0.717) is 11.9 Å². The Balaban J connectivity index is 0.00000450. The average molecular weight is 539 g/mol. The topological polar surface area (TPSA) is 78.4 Å². The van der Waals surface area contributed by atoms with Gasteiger partial charge in [0.15, 0.2) is 5.96 Å². The molecule has 1 aromatic carbocycles. The quantitative estimate of drug-likeness (QED) is 0.226. The molecule has 0 aliphatic heterocycles. The van der Waals surface area contributed by atoms with Crippen molar-refractivity contribution in [3.63, 3.8) is 0 Å². The number of guanidine groups is 1. The normalized spacial score (nSPS) is 11.5. The summed E-state index contributed by atoms with van der Waals surface area (Å²) >= 11 is 0. The molecule has 0 bridgehead atoms. The Bertz CT molecular complexity index is 889. The maximum atomic E-state index is 13.2. The molecule has 1 heterocycles. The van der Waals surface area contributed by atoms with Crippen molar-refractivity contribution in [1.29, 1.82) is 0 Å². The Hall–Kier alpha value is -2.44. The van der Waals surface area contributed by atoms with Crippen LogP contribution < -0.4 is 16.0 Å². The van der Waals surface area contributed by atoms with Gasteiger partial charge in [-0.25, -0.2) is 9.37 Å². The number of carbonyl (C=O) groups is 1. The van der Waals surface area contributed by atoms with Gasteiger partial charge < -0.3 is 16.0 Å². The summed E-state index contributed by atoms with van der Waals surface area (Å²) in [6.07, 6.45) is -4.57. The van der Waals surface area contributed by atoms with E-state index in [0.717, 1.165) is 17.8 Å². The maximum Gasteiger partial charge on any atom is 0.416 e. The van der Waals surface area contributed by atoms with Gasteiger partial charge in [0.1, 0.15) is 11.6 Å². The van der Waals surface area contributed by atoms with Gasteiger partial charge in [0.25, 0.3) is 0 Å². The third-order valence-corrected chi connectivity index (χ3v) is 3.85. The van der Waals surface area contributed by atoms with Gasteiger partial charge in [-0.3, -0.25) is 9.79 Å². The van der Waals surface area contributed by atoms with Crippen molar-refractivity contribution in [3.05, 3.63) is 59.0 Å². The number of pyridine rings is 1. The minimum atomic E-state index is -4.67. The van der Waals surface area contributed by atoms with Crippen LogP contribution >= 0.6 is 24.0 Å². The second kappa shape index (κ2) is 11.7. The van der Waals surface area contributed by atoms with Gasteiger partial charge in [0.05, 0.1) is 5.56 Å². The Labute approximate surface area is 188 Å². The number of hydrogen-bond donors (Lipinski definition) is 3. The molecule has 0 unspecified atom stereocenters. The standard InChI is InChI=1S/C19H21F4N5O.HI/c1-12-4-3-5-16(27-12)28-17(29)8-9-25-18(24-2)26-11-13-6-7-14(20)10-15(13)19(21,22)23;/h3-7,10H,8-9,11H2,1-2H3,(H2,24,25,26)(H,27,28,29);1H. The van der Waals surface area contributed by atoms with Crippen LogP contribution in [-0.2, 0) is 17.5 Å². The largest absolute Gasteiger partial charge is 0.416 e. The number of hydrogen-bond acceptors (Lipinski definition) is 3. The van der Waals surface area contributed by atoms with Crippen molar-refractivity contribution in [1.82, 2.24) is 15.6 Å². The van der Waals surface area contributed by atoms with Crippen molar-refractivity contribution in [2.45, 2.75) is 26.1 Å². The van der Waals surface area contributed by atoms with Gasteiger partial charge >= 0.3 is 6.18 Å². The molecule has 1 aromatic heterocycles. The number of nitrogens with zero attached hydrogens (tertiary/aromatic N) is 2. The molecule has 1 amide bonds. The molecule has 0 radical (unpaired) electrons. The maximum absolute atomic E-state index is 13.2. The van der Waals surface area contributed by atoms with Crippen LogP contribution in [0, 0.1) is 12.7 Å². The number of amides is 1.